The summed E-state index contributed by atoms with van der Waals surface area (Å²) in [4.78, 5) is 4.24. The molecule has 0 amide bonds. The Hall–Kier alpha value is -1.02. The van der Waals surface area contributed by atoms with Crippen molar-refractivity contribution in [1.82, 2.24) is 14.8 Å². The van der Waals surface area contributed by atoms with Gasteiger partial charge >= 0.3 is 0 Å². The van der Waals surface area contributed by atoms with Crippen LogP contribution in [0.1, 0.15) is 30.8 Å². The fourth-order valence-electron chi connectivity index (χ4n) is 1.95. The van der Waals surface area contributed by atoms with Gasteiger partial charge in [-0.3, -0.25) is 4.68 Å². The highest BCUT2D eigenvalue weighted by Gasteiger charge is 2.14. The van der Waals surface area contributed by atoms with Crippen LogP contribution in [0.3, 0.4) is 0 Å². The normalized spacial score (nSPS) is 12.6. The third kappa shape index (κ3) is 3.50. The average Bonchev–Trinajstić information content (AvgIpc) is 2.77. The topological polar surface area (TPSA) is 56.7 Å². The molecular formula is C13H16FIN4. The zero-order valence-corrected chi connectivity index (χ0v) is 12.8. The first-order valence-corrected chi connectivity index (χ1v) is 7.27. The van der Waals surface area contributed by atoms with Crippen LogP contribution in [0.4, 0.5) is 4.39 Å². The molecule has 1 aromatic heterocycles. The second-order valence-electron chi connectivity index (χ2n) is 4.38. The molecule has 1 unspecified atom stereocenters. The SMILES string of the molecule is CCCn1ncnc1CC(N)c1ccc(F)cc1I. The molecule has 4 nitrogen and oxygen atoms in total. The molecule has 0 radical (unpaired) electrons. The Morgan fingerprint density at radius 3 is 2.95 bits per heavy atom. The number of hydrogen-bond donors (Lipinski definition) is 1. The molecule has 0 spiro atoms. The maximum atomic E-state index is 13.1. The molecule has 0 aliphatic heterocycles. The number of rotatable bonds is 5. The van der Waals surface area contributed by atoms with E-state index in [1.54, 1.807) is 12.4 Å². The van der Waals surface area contributed by atoms with E-state index >= 15 is 0 Å². The van der Waals surface area contributed by atoms with Gasteiger partial charge in [0.2, 0.25) is 0 Å². The lowest BCUT2D eigenvalue weighted by Gasteiger charge is -2.14. The molecule has 102 valence electrons. The highest BCUT2D eigenvalue weighted by molar-refractivity contribution is 14.1. The molecule has 6 heteroatoms. The van der Waals surface area contributed by atoms with E-state index in [1.165, 1.54) is 12.1 Å². The van der Waals surface area contributed by atoms with Gasteiger partial charge in [0.15, 0.2) is 0 Å². The van der Waals surface area contributed by atoms with Crippen LogP contribution < -0.4 is 5.73 Å². The Morgan fingerprint density at radius 2 is 2.26 bits per heavy atom. The fraction of sp³-hybridized carbons (Fsp3) is 0.385. The first-order valence-electron chi connectivity index (χ1n) is 6.19. The smallest absolute Gasteiger partial charge is 0.138 e. The average molecular weight is 374 g/mol. The van der Waals surface area contributed by atoms with Gasteiger partial charge < -0.3 is 5.73 Å². The Kier molecular flexibility index (Phi) is 4.87. The van der Waals surface area contributed by atoms with Crippen LogP contribution in [-0.4, -0.2) is 14.8 Å². The molecule has 0 bridgehead atoms. The van der Waals surface area contributed by atoms with E-state index in [0.29, 0.717) is 6.42 Å². The standard InChI is InChI=1S/C13H16FIN4/c1-2-5-19-13(17-8-18-19)7-12(16)10-4-3-9(14)6-11(10)15/h3-4,6,8,12H,2,5,7,16H2,1H3. The summed E-state index contributed by atoms with van der Waals surface area (Å²) in [5.74, 6) is 0.629. The minimum absolute atomic E-state index is 0.202. The molecule has 0 fully saturated rings. The largest absolute Gasteiger partial charge is 0.324 e. The van der Waals surface area contributed by atoms with Crippen molar-refractivity contribution in [2.45, 2.75) is 32.4 Å². The third-order valence-electron chi connectivity index (χ3n) is 2.90. The second kappa shape index (κ2) is 6.42. The van der Waals surface area contributed by atoms with Gasteiger partial charge in [-0.1, -0.05) is 13.0 Å². The van der Waals surface area contributed by atoms with E-state index in [0.717, 1.165) is 27.9 Å². The minimum atomic E-state index is -0.241. The first-order chi connectivity index (χ1) is 9.11. The molecule has 0 saturated heterocycles. The number of aromatic nitrogens is 3. The molecular weight excluding hydrogens is 358 g/mol. The summed E-state index contributed by atoms with van der Waals surface area (Å²) in [6, 6.07) is 4.47. The number of nitrogens with two attached hydrogens (primary N) is 1. The first kappa shape index (κ1) is 14.4. The van der Waals surface area contributed by atoms with E-state index in [1.807, 2.05) is 4.68 Å². The van der Waals surface area contributed by atoms with Crippen molar-refractivity contribution in [2.24, 2.45) is 5.73 Å². The van der Waals surface area contributed by atoms with Crippen molar-refractivity contribution in [1.29, 1.82) is 0 Å². The lowest BCUT2D eigenvalue weighted by molar-refractivity contribution is 0.547. The van der Waals surface area contributed by atoms with Crippen LogP contribution in [0.5, 0.6) is 0 Å². The predicted octanol–water partition coefficient (Wildman–Crippen LogP) is 2.67. The third-order valence-corrected chi connectivity index (χ3v) is 3.83. The molecule has 0 saturated carbocycles. The molecule has 0 aliphatic carbocycles. The maximum Gasteiger partial charge on any atom is 0.138 e. The summed E-state index contributed by atoms with van der Waals surface area (Å²) in [7, 11) is 0. The number of hydrogen-bond acceptors (Lipinski definition) is 3. The number of halogens is 2. The monoisotopic (exact) mass is 374 g/mol. The van der Waals surface area contributed by atoms with Gasteiger partial charge in [0.1, 0.15) is 18.0 Å². The molecule has 2 rings (SSSR count). The molecule has 1 heterocycles. The van der Waals surface area contributed by atoms with Crippen molar-refractivity contribution in [3.63, 3.8) is 0 Å². The lowest BCUT2D eigenvalue weighted by Crippen LogP contribution is -2.18. The number of aryl methyl sites for hydroxylation is 1. The van der Waals surface area contributed by atoms with Gasteiger partial charge in [0.25, 0.3) is 0 Å². The zero-order valence-electron chi connectivity index (χ0n) is 10.7. The van der Waals surface area contributed by atoms with Gasteiger partial charge in [0, 0.05) is 22.6 Å². The maximum absolute atomic E-state index is 13.1. The quantitative estimate of drug-likeness (QED) is 0.819. The zero-order chi connectivity index (χ0) is 13.8. The van der Waals surface area contributed by atoms with Crippen LogP contribution >= 0.6 is 22.6 Å². The molecule has 2 N–H and O–H groups in total. The van der Waals surface area contributed by atoms with Gasteiger partial charge in [-0.25, -0.2) is 9.37 Å². The van der Waals surface area contributed by atoms with Crippen molar-refractivity contribution < 1.29 is 4.39 Å². The minimum Gasteiger partial charge on any atom is -0.324 e. The summed E-state index contributed by atoms with van der Waals surface area (Å²) < 4.78 is 15.8. The van der Waals surface area contributed by atoms with Crippen molar-refractivity contribution in [3.05, 3.63) is 45.3 Å². The predicted molar refractivity (Wildman–Crippen MR) is 80.1 cm³/mol. The van der Waals surface area contributed by atoms with Gasteiger partial charge in [-0.2, -0.15) is 5.10 Å². The van der Waals surface area contributed by atoms with E-state index in [9.17, 15) is 4.39 Å². The highest BCUT2D eigenvalue weighted by atomic mass is 127. The van der Waals surface area contributed by atoms with Crippen LogP contribution in [0.2, 0.25) is 0 Å². The van der Waals surface area contributed by atoms with E-state index in [2.05, 4.69) is 39.6 Å². The van der Waals surface area contributed by atoms with Crippen LogP contribution in [-0.2, 0) is 13.0 Å². The Morgan fingerprint density at radius 1 is 1.47 bits per heavy atom. The van der Waals surface area contributed by atoms with Gasteiger partial charge in [0.05, 0.1) is 0 Å². The number of nitrogens with zero attached hydrogens (tertiary/aromatic N) is 3. The van der Waals surface area contributed by atoms with Crippen molar-refractivity contribution in [2.75, 3.05) is 0 Å². The summed E-state index contributed by atoms with van der Waals surface area (Å²) in [6.07, 6.45) is 3.15. The summed E-state index contributed by atoms with van der Waals surface area (Å²) >= 11 is 2.10. The highest BCUT2D eigenvalue weighted by Crippen LogP contribution is 2.22. The van der Waals surface area contributed by atoms with Crippen molar-refractivity contribution >= 4 is 22.6 Å². The Labute approximate surface area is 125 Å². The van der Waals surface area contributed by atoms with Crippen LogP contribution in [0, 0.1) is 9.39 Å². The molecule has 19 heavy (non-hydrogen) atoms. The van der Waals surface area contributed by atoms with Gasteiger partial charge in [-0.05, 0) is 46.7 Å². The molecule has 1 aromatic carbocycles. The Balaban J connectivity index is 2.16. The Bertz CT molecular complexity index is 555. The molecule has 1 atom stereocenters. The molecule has 2 aromatic rings. The molecule has 0 aliphatic rings. The van der Waals surface area contributed by atoms with E-state index in [4.69, 9.17) is 5.73 Å². The van der Waals surface area contributed by atoms with Crippen LogP contribution in [0.15, 0.2) is 24.5 Å². The summed E-state index contributed by atoms with van der Waals surface area (Å²) in [5, 5.41) is 4.18. The second-order valence-corrected chi connectivity index (χ2v) is 5.54. The van der Waals surface area contributed by atoms with Crippen molar-refractivity contribution in [3.8, 4) is 0 Å². The van der Waals surface area contributed by atoms with E-state index in [-0.39, 0.29) is 11.9 Å². The number of benzene rings is 1. The summed E-state index contributed by atoms with van der Waals surface area (Å²) in [5.41, 5.74) is 7.13. The van der Waals surface area contributed by atoms with Crippen LogP contribution in [0.25, 0.3) is 0 Å². The fourth-order valence-corrected chi connectivity index (χ4v) is 2.83. The summed E-state index contributed by atoms with van der Waals surface area (Å²) in [6.45, 7) is 2.93. The van der Waals surface area contributed by atoms with E-state index < -0.39 is 0 Å². The lowest BCUT2D eigenvalue weighted by atomic mass is 10.0. The van der Waals surface area contributed by atoms with Gasteiger partial charge in [-0.15, -0.1) is 0 Å².